The van der Waals surface area contributed by atoms with E-state index in [0.717, 1.165) is 15.4 Å². The minimum atomic E-state index is -3.95. The maximum absolute atomic E-state index is 13.3. The van der Waals surface area contributed by atoms with Crippen molar-refractivity contribution in [3.05, 3.63) is 98.5 Å². The molecule has 1 N–H and O–H groups in total. The maximum Gasteiger partial charge on any atom is 0.243 e. The summed E-state index contributed by atoms with van der Waals surface area (Å²) in [5.41, 5.74) is 2.50. The van der Waals surface area contributed by atoms with Crippen LogP contribution < -0.4 is 5.32 Å². The zero-order valence-corrected chi connectivity index (χ0v) is 20.3. The van der Waals surface area contributed by atoms with Gasteiger partial charge in [0.2, 0.25) is 15.9 Å². The second-order valence-corrected chi connectivity index (χ2v) is 10.4. The van der Waals surface area contributed by atoms with Crippen molar-refractivity contribution in [1.82, 2.24) is 9.62 Å². The average molecular weight is 512 g/mol. The average Bonchev–Trinajstić information content (AvgIpc) is 2.74. The van der Waals surface area contributed by atoms with Gasteiger partial charge in [0.15, 0.2) is 0 Å². The van der Waals surface area contributed by atoms with E-state index in [-0.39, 0.29) is 24.5 Å². The first-order valence-electron chi connectivity index (χ1n) is 9.67. The number of hydrogen-bond acceptors (Lipinski definition) is 3. The van der Waals surface area contributed by atoms with Crippen molar-refractivity contribution in [3.63, 3.8) is 0 Å². The van der Waals surface area contributed by atoms with Crippen molar-refractivity contribution in [3.8, 4) is 0 Å². The molecule has 0 saturated heterocycles. The lowest BCUT2D eigenvalue weighted by atomic mass is 10.1. The molecule has 0 unspecified atom stereocenters. The first-order chi connectivity index (χ1) is 15.1. The van der Waals surface area contributed by atoms with Gasteiger partial charge >= 0.3 is 0 Å². The third-order valence-corrected chi connectivity index (χ3v) is 7.39. The third-order valence-electron chi connectivity index (χ3n) is 4.74. The van der Waals surface area contributed by atoms with E-state index in [0.29, 0.717) is 20.6 Å². The monoisotopic (exact) mass is 510 g/mol. The van der Waals surface area contributed by atoms with Gasteiger partial charge in [-0.1, -0.05) is 70.7 Å². The van der Waals surface area contributed by atoms with E-state index in [9.17, 15) is 13.2 Å². The van der Waals surface area contributed by atoms with E-state index in [1.165, 1.54) is 24.3 Å². The third kappa shape index (κ3) is 6.47. The summed E-state index contributed by atoms with van der Waals surface area (Å²) in [7, 11) is -3.95. The van der Waals surface area contributed by atoms with Crippen molar-refractivity contribution >= 4 is 50.7 Å². The molecule has 0 bridgehead atoms. The molecule has 9 heteroatoms. The SMILES string of the molecule is Cc1ccc(CN(CC(=O)NCc2ccc(Cl)cc2Cl)S(=O)(=O)c2ccc(Cl)cc2)cc1. The largest absolute Gasteiger partial charge is 0.351 e. The molecule has 0 radical (unpaired) electrons. The Morgan fingerprint density at radius 1 is 0.906 bits per heavy atom. The number of sulfonamides is 1. The number of benzene rings is 3. The summed E-state index contributed by atoms with van der Waals surface area (Å²) < 4.78 is 27.7. The maximum atomic E-state index is 13.3. The first-order valence-corrected chi connectivity index (χ1v) is 12.2. The van der Waals surface area contributed by atoms with Gasteiger partial charge in [0.05, 0.1) is 11.4 Å². The van der Waals surface area contributed by atoms with Crippen molar-refractivity contribution in [2.75, 3.05) is 6.54 Å². The van der Waals surface area contributed by atoms with E-state index >= 15 is 0 Å². The highest BCUT2D eigenvalue weighted by Crippen LogP contribution is 2.22. The lowest BCUT2D eigenvalue weighted by molar-refractivity contribution is -0.121. The fourth-order valence-corrected chi connectivity index (χ4v) is 4.94. The number of nitrogens with zero attached hydrogens (tertiary/aromatic N) is 1. The Labute approximate surface area is 203 Å². The van der Waals surface area contributed by atoms with Crippen LogP contribution in [-0.2, 0) is 27.9 Å². The molecule has 3 aromatic carbocycles. The number of rotatable bonds is 8. The normalized spacial score (nSPS) is 11.5. The molecule has 0 saturated carbocycles. The summed E-state index contributed by atoms with van der Waals surface area (Å²) in [5.74, 6) is -0.458. The van der Waals surface area contributed by atoms with Gasteiger partial charge in [-0.2, -0.15) is 4.31 Å². The van der Waals surface area contributed by atoms with Gasteiger partial charge in [0.25, 0.3) is 0 Å². The van der Waals surface area contributed by atoms with Gasteiger partial charge in [0, 0.05) is 28.2 Å². The molecule has 3 rings (SSSR count). The van der Waals surface area contributed by atoms with E-state index in [4.69, 9.17) is 34.8 Å². The first kappa shape index (κ1) is 24.6. The van der Waals surface area contributed by atoms with Crippen LogP contribution in [0.4, 0.5) is 0 Å². The molecule has 0 aliphatic heterocycles. The highest BCUT2D eigenvalue weighted by atomic mass is 35.5. The summed E-state index contributed by atoms with van der Waals surface area (Å²) in [4.78, 5) is 12.7. The van der Waals surface area contributed by atoms with E-state index in [2.05, 4.69) is 5.32 Å². The van der Waals surface area contributed by atoms with Crippen LogP contribution in [0.3, 0.4) is 0 Å². The number of halogens is 3. The van der Waals surface area contributed by atoms with Gasteiger partial charge in [-0.05, 0) is 54.4 Å². The predicted octanol–water partition coefficient (Wildman–Crippen LogP) is 5.46. The molecule has 0 aliphatic carbocycles. The van der Waals surface area contributed by atoms with Crippen molar-refractivity contribution < 1.29 is 13.2 Å². The Balaban J connectivity index is 1.80. The Bertz CT molecular complexity index is 1200. The topological polar surface area (TPSA) is 66.5 Å². The molecule has 168 valence electrons. The van der Waals surface area contributed by atoms with E-state index in [1.54, 1.807) is 18.2 Å². The Hall–Kier alpha value is -2.09. The minimum absolute atomic E-state index is 0.0420. The molecule has 0 aliphatic rings. The fourth-order valence-electron chi connectivity index (χ4n) is 2.95. The van der Waals surface area contributed by atoms with E-state index < -0.39 is 15.9 Å². The van der Waals surface area contributed by atoms with Crippen LogP contribution in [-0.4, -0.2) is 25.2 Å². The molecule has 32 heavy (non-hydrogen) atoms. The van der Waals surface area contributed by atoms with Crippen molar-refractivity contribution in [2.24, 2.45) is 0 Å². The van der Waals surface area contributed by atoms with Crippen LogP contribution in [0.25, 0.3) is 0 Å². The number of carbonyl (C=O) groups excluding carboxylic acids is 1. The zero-order chi connectivity index (χ0) is 23.3. The molecule has 0 spiro atoms. The highest BCUT2D eigenvalue weighted by molar-refractivity contribution is 7.89. The number of aryl methyl sites for hydroxylation is 1. The molecular weight excluding hydrogens is 491 g/mol. The zero-order valence-electron chi connectivity index (χ0n) is 17.2. The van der Waals surface area contributed by atoms with Gasteiger partial charge in [-0.3, -0.25) is 4.79 Å². The van der Waals surface area contributed by atoms with Crippen molar-refractivity contribution in [1.29, 1.82) is 0 Å². The number of nitrogens with one attached hydrogen (secondary N) is 1. The van der Waals surface area contributed by atoms with Gasteiger partial charge in [0.1, 0.15) is 0 Å². The van der Waals surface area contributed by atoms with Crippen LogP contribution in [0, 0.1) is 6.92 Å². The summed E-state index contributed by atoms with van der Waals surface area (Å²) >= 11 is 18.0. The van der Waals surface area contributed by atoms with Crippen molar-refractivity contribution in [2.45, 2.75) is 24.9 Å². The highest BCUT2D eigenvalue weighted by Gasteiger charge is 2.27. The van der Waals surface area contributed by atoms with Crippen LogP contribution in [0.1, 0.15) is 16.7 Å². The second kappa shape index (κ2) is 10.7. The van der Waals surface area contributed by atoms with E-state index in [1.807, 2.05) is 31.2 Å². The molecular formula is C23H21Cl3N2O3S. The lowest BCUT2D eigenvalue weighted by Gasteiger charge is -2.22. The molecule has 5 nitrogen and oxygen atoms in total. The quantitative estimate of drug-likeness (QED) is 0.436. The summed E-state index contributed by atoms with van der Waals surface area (Å²) in [6.45, 7) is 1.78. The van der Waals surface area contributed by atoms with Crippen LogP contribution in [0.2, 0.25) is 15.1 Å². The fraction of sp³-hybridized carbons (Fsp3) is 0.174. The summed E-state index contributed by atoms with van der Waals surface area (Å²) in [5, 5.41) is 4.06. The molecule has 0 atom stereocenters. The molecule has 0 aromatic heterocycles. The minimum Gasteiger partial charge on any atom is -0.351 e. The number of hydrogen-bond donors (Lipinski definition) is 1. The second-order valence-electron chi connectivity index (χ2n) is 7.23. The van der Waals surface area contributed by atoms with Gasteiger partial charge < -0.3 is 5.32 Å². The van der Waals surface area contributed by atoms with Crippen LogP contribution in [0.5, 0.6) is 0 Å². The summed E-state index contributed by atoms with van der Waals surface area (Å²) in [6, 6.07) is 18.3. The molecule has 1 amide bonds. The Morgan fingerprint density at radius 3 is 2.16 bits per heavy atom. The van der Waals surface area contributed by atoms with Gasteiger partial charge in [-0.25, -0.2) is 8.42 Å². The smallest absolute Gasteiger partial charge is 0.243 e. The van der Waals surface area contributed by atoms with Crippen LogP contribution >= 0.6 is 34.8 Å². The molecule has 0 heterocycles. The Morgan fingerprint density at radius 2 is 1.53 bits per heavy atom. The standard InChI is InChI=1S/C23H21Cl3N2O3S/c1-16-2-4-17(5-3-16)14-28(32(30,31)21-10-8-19(24)9-11-21)15-23(29)27-13-18-6-7-20(25)12-22(18)26/h2-12H,13-15H2,1H3,(H,27,29). The number of carbonyl (C=O) groups is 1. The Kier molecular flexibility index (Phi) is 8.20. The lowest BCUT2D eigenvalue weighted by Crippen LogP contribution is -2.40. The van der Waals surface area contributed by atoms with Gasteiger partial charge in [-0.15, -0.1) is 0 Å². The molecule has 3 aromatic rings. The summed E-state index contributed by atoms with van der Waals surface area (Å²) in [6.07, 6.45) is 0. The molecule has 0 fully saturated rings. The number of amides is 1. The van der Waals surface area contributed by atoms with Crippen LogP contribution in [0.15, 0.2) is 71.6 Å². The predicted molar refractivity (Wildman–Crippen MR) is 129 cm³/mol.